The molecular weight excluding hydrogens is 402 g/mol. The first kappa shape index (κ1) is 12.7. The van der Waals surface area contributed by atoms with Gasteiger partial charge in [-0.1, -0.05) is 0 Å². The number of rotatable bonds is 5. The van der Waals surface area contributed by atoms with Crippen molar-refractivity contribution in [1.29, 1.82) is 0 Å². The zero-order chi connectivity index (χ0) is 28.5. The fraction of sp³-hybridized carbons (Fsp3) is 0.364. The maximum absolute atomic E-state index is 13.6. The number of hydrogen-bond donors (Lipinski definition) is 1. The zero-order valence-corrected chi connectivity index (χ0v) is 16.4. The maximum Gasteiger partial charge on any atom is 0.246 e. The number of nitrogens with one attached hydrogen (secondary N) is 1. The van der Waals surface area contributed by atoms with Gasteiger partial charge in [0.05, 0.1) is 30.4 Å². The average molecular weight is 437 g/mol. The number of anilines is 3. The summed E-state index contributed by atoms with van der Waals surface area (Å²) in [4.78, 5) is 5.14. The first-order chi connectivity index (χ1) is 18.1. The van der Waals surface area contributed by atoms with Crippen molar-refractivity contribution in [2.75, 3.05) is 49.4 Å². The van der Waals surface area contributed by atoms with Crippen molar-refractivity contribution in [2.24, 2.45) is 0 Å². The molecule has 2 fully saturated rings. The minimum absolute atomic E-state index is 0. The molecule has 31 heavy (non-hydrogen) atoms. The van der Waals surface area contributed by atoms with Crippen molar-refractivity contribution in [2.45, 2.75) is 13.0 Å². The van der Waals surface area contributed by atoms with Gasteiger partial charge in [0, 0.05) is 50.3 Å². The van der Waals surface area contributed by atoms with E-state index >= 15 is 0 Å². The van der Waals surface area contributed by atoms with E-state index in [1.165, 1.54) is 18.5 Å². The first-order valence-corrected chi connectivity index (χ1v) is 9.50. The van der Waals surface area contributed by atoms with Crippen molar-refractivity contribution in [3.05, 3.63) is 59.9 Å². The molecule has 164 valence electrons. The fourth-order valence-electron chi connectivity index (χ4n) is 3.16. The number of aromatic nitrogens is 3. The highest BCUT2D eigenvalue weighted by molar-refractivity contribution is 5.64. The fourth-order valence-corrected chi connectivity index (χ4v) is 3.16. The molecule has 1 N–H and O–H groups in total. The third kappa shape index (κ3) is 4.38. The van der Waals surface area contributed by atoms with Crippen molar-refractivity contribution < 1.29 is 25.9 Å². The maximum atomic E-state index is 13.6. The summed E-state index contributed by atoms with van der Waals surface area (Å²) in [5.74, 6) is -1.60. The van der Waals surface area contributed by atoms with E-state index < -0.39 is 43.7 Å². The lowest BCUT2D eigenvalue weighted by Gasteiger charge is -2.43. The Morgan fingerprint density at radius 2 is 1.77 bits per heavy atom. The molecule has 2 saturated heterocycles. The number of aryl methyl sites for hydroxylation is 1. The molecule has 0 unspecified atom stereocenters. The standard InChI is InChI=1S/C22H24F2N6O.H2/c1-15-6-18(11-19(7-15)28-2-4-29(5-3-28)21-12-31-13-21)26-22-25-14-30(27-22)20-9-16(23)8-17(24)10-20;/h6-11,14,21H,2-5,12-13H2,1H3,(H,26,27);1H/i2D2,3D2,4D2,5D2;. The summed E-state index contributed by atoms with van der Waals surface area (Å²) in [5.41, 5.74) is 0.731. The predicted molar refractivity (Wildman–Crippen MR) is 116 cm³/mol. The molecule has 0 saturated carbocycles. The smallest absolute Gasteiger partial charge is 0.246 e. The topological polar surface area (TPSA) is 58.5 Å². The Labute approximate surface area is 192 Å². The van der Waals surface area contributed by atoms with Crippen LogP contribution >= 0.6 is 0 Å². The van der Waals surface area contributed by atoms with E-state index in [-0.39, 0.29) is 37.7 Å². The molecule has 3 heterocycles. The van der Waals surface area contributed by atoms with Gasteiger partial charge < -0.3 is 15.0 Å². The van der Waals surface area contributed by atoms with Crippen LogP contribution in [-0.4, -0.2) is 64.9 Å². The first-order valence-electron chi connectivity index (χ1n) is 13.5. The molecule has 2 aromatic carbocycles. The zero-order valence-electron chi connectivity index (χ0n) is 24.4. The number of halogens is 2. The van der Waals surface area contributed by atoms with Gasteiger partial charge >= 0.3 is 0 Å². The third-order valence-corrected chi connectivity index (χ3v) is 4.73. The van der Waals surface area contributed by atoms with E-state index in [1.54, 1.807) is 13.0 Å². The van der Waals surface area contributed by atoms with Crippen LogP contribution in [0.25, 0.3) is 5.69 Å². The number of nitrogens with zero attached hydrogens (tertiary/aromatic N) is 5. The lowest BCUT2D eigenvalue weighted by molar-refractivity contribution is -0.0660. The minimum atomic E-state index is -3.02. The second-order valence-electron chi connectivity index (χ2n) is 7.17. The van der Waals surface area contributed by atoms with E-state index in [9.17, 15) is 8.78 Å². The lowest BCUT2D eigenvalue weighted by Crippen LogP contribution is -2.56. The van der Waals surface area contributed by atoms with E-state index in [0.29, 0.717) is 15.4 Å². The molecule has 0 atom stereocenters. The van der Waals surface area contributed by atoms with E-state index in [4.69, 9.17) is 15.7 Å². The molecule has 0 aliphatic carbocycles. The molecule has 9 heteroatoms. The van der Waals surface area contributed by atoms with Gasteiger partial charge in [0.1, 0.15) is 18.0 Å². The Hall–Kier alpha value is -3.04. The molecule has 7 nitrogen and oxygen atoms in total. The van der Waals surface area contributed by atoms with Gasteiger partial charge in [0.25, 0.3) is 0 Å². The number of piperazine rings is 1. The highest BCUT2D eigenvalue weighted by atomic mass is 19.1. The van der Waals surface area contributed by atoms with Crippen LogP contribution in [0.5, 0.6) is 0 Å². The van der Waals surface area contributed by atoms with Gasteiger partial charge in [-0.15, -0.1) is 5.10 Å². The van der Waals surface area contributed by atoms with Gasteiger partial charge in [-0.2, -0.15) is 4.98 Å². The summed E-state index contributed by atoms with van der Waals surface area (Å²) >= 11 is 0. The van der Waals surface area contributed by atoms with E-state index in [0.717, 1.165) is 22.9 Å². The molecule has 0 spiro atoms. The molecule has 2 aliphatic rings. The van der Waals surface area contributed by atoms with Crippen LogP contribution in [0.4, 0.5) is 26.1 Å². The Bertz CT molecular complexity index is 1370. The Morgan fingerprint density at radius 1 is 1.03 bits per heavy atom. The predicted octanol–water partition coefficient (Wildman–Crippen LogP) is 3.36. The summed E-state index contributed by atoms with van der Waals surface area (Å²) in [6.45, 7) is -10.4. The average Bonchev–Trinajstić information content (AvgIpc) is 3.22. The second kappa shape index (κ2) is 8.24. The molecule has 0 radical (unpaired) electrons. The largest absolute Gasteiger partial charge is 0.378 e. The van der Waals surface area contributed by atoms with Crippen LogP contribution in [0.3, 0.4) is 0 Å². The highest BCUT2D eigenvalue weighted by Crippen LogP contribution is 2.26. The Kier molecular flexibility index (Phi) is 3.38. The summed E-state index contributed by atoms with van der Waals surface area (Å²) in [6, 6.07) is 6.35. The lowest BCUT2D eigenvalue weighted by atomic mass is 10.1. The second-order valence-corrected chi connectivity index (χ2v) is 7.17. The molecule has 0 amide bonds. The van der Waals surface area contributed by atoms with Crippen LogP contribution in [0.1, 0.15) is 18.0 Å². The van der Waals surface area contributed by atoms with Gasteiger partial charge in [-0.05, 0) is 42.8 Å². The van der Waals surface area contributed by atoms with Crippen LogP contribution < -0.4 is 10.2 Å². The van der Waals surface area contributed by atoms with Gasteiger partial charge in [-0.3, -0.25) is 4.90 Å². The number of benzene rings is 2. The van der Waals surface area contributed by atoms with Gasteiger partial charge in [0.2, 0.25) is 5.95 Å². The molecule has 5 rings (SSSR count). The van der Waals surface area contributed by atoms with Crippen molar-refractivity contribution in [3.8, 4) is 5.69 Å². The van der Waals surface area contributed by atoms with E-state index in [1.807, 2.05) is 0 Å². The normalized spacial score (nSPS) is 27.9. The number of hydrogen-bond acceptors (Lipinski definition) is 6. The third-order valence-electron chi connectivity index (χ3n) is 4.73. The van der Waals surface area contributed by atoms with Crippen molar-refractivity contribution in [1.82, 2.24) is 19.7 Å². The summed E-state index contributed by atoms with van der Waals surface area (Å²) < 4.78 is 103. The van der Waals surface area contributed by atoms with E-state index in [2.05, 4.69) is 15.4 Å². The van der Waals surface area contributed by atoms with Gasteiger partial charge in [0.15, 0.2) is 0 Å². The summed E-state index contributed by atoms with van der Waals surface area (Å²) in [7, 11) is 0. The van der Waals surface area contributed by atoms with Crippen LogP contribution in [0, 0.1) is 18.6 Å². The Balaban J connectivity index is 0.00000370. The highest BCUT2D eigenvalue weighted by Gasteiger charge is 2.29. The van der Waals surface area contributed by atoms with Crippen LogP contribution in [-0.2, 0) is 4.74 Å². The molecule has 3 aromatic rings. The minimum Gasteiger partial charge on any atom is -0.378 e. The Morgan fingerprint density at radius 3 is 2.45 bits per heavy atom. The number of ether oxygens (including phenoxy) is 1. The molecular formula is C22H26F2N6O. The van der Waals surface area contributed by atoms with Crippen LogP contribution in [0.2, 0.25) is 0 Å². The summed E-state index contributed by atoms with van der Waals surface area (Å²) in [5, 5.41) is 7.01. The van der Waals surface area contributed by atoms with Gasteiger partial charge in [-0.25, -0.2) is 13.5 Å². The SMILES string of the molecule is [2H]C1([2H])N(c2cc(C)cc(Nc3ncn(-c4cc(F)cc(F)c4)n3)c2)C([2H])([2H])C([2H])([2H])N(C2COC2)C1([2H])[2H].[HH]. The molecule has 1 aromatic heterocycles. The van der Waals surface area contributed by atoms with Crippen molar-refractivity contribution >= 4 is 17.3 Å². The molecule has 2 aliphatic heterocycles. The summed E-state index contributed by atoms with van der Waals surface area (Å²) in [6.07, 6.45) is 1.22. The monoisotopic (exact) mass is 436 g/mol. The van der Waals surface area contributed by atoms with Crippen LogP contribution in [0.15, 0.2) is 42.7 Å². The molecule has 0 bridgehead atoms. The quantitative estimate of drug-likeness (QED) is 0.662. The van der Waals surface area contributed by atoms with Crippen molar-refractivity contribution in [3.63, 3.8) is 0 Å².